The van der Waals surface area contributed by atoms with Crippen molar-refractivity contribution in [2.75, 3.05) is 0 Å². The average molecular weight is 154 g/mol. The van der Waals surface area contributed by atoms with Crippen LogP contribution in [-0.4, -0.2) is 12.1 Å². The van der Waals surface area contributed by atoms with Crippen LogP contribution in [0.1, 0.15) is 32.6 Å². The van der Waals surface area contributed by atoms with Gasteiger partial charge in [0.15, 0.2) is 0 Å². The summed E-state index contributed by atoms with van der Waals surface area (Å²) in [4.78, 5) is 21.3. The van der Waals surface area contributed by atoms with Crippen LogP contribution < -0.4 is 0 Å². The van der Waals surface area contributed by atoms with Crippen LogP contribution in [0.25, 0.3) is 0 Å². The summed E-state index contributed by atoms with van der Waals surface area (Å²) in [6.07, 6.45) is 4.20. The Balaban J connectivity index is 2.45. The summed E-state index contributed by atoms with van der Waals surface area (Å²) in [7, 11) is 0. The number of Topliss-reactive ketones (excluding diaryl/α,β-unsaturated/α-hetero) is 1. The number of rotatable bonds is 3. The zero-order valence-corrected chi connectivity index (χ0v) is 6.88. The molecule has 0 aromatic carbocycles. The Bertz CT molecular complexity index is 163. The van der Waals surface area contributed by atoms with Crippen molar-refractivity contribution < 1.29 is 9.59 Å². The van der Waals surface area contributed by atoms with Crippen molar-refractivity contribution >= 4 is 12.1 Å². The van der Waals surface area contributed by atoms with Crippen LogP contribution >= 0.6 is 0 Å². The smallest absolute Gasteiger partial charge is 0.136 e. The quantitative estimate of drug-likeness (QED) is 0.578. The largest absolute Gasteiger partial charge is 0.303 e. The van der Waals surface area contributed by atoms with E-state index in [4.69, 9.17) is 0 Å². The van der Waals surface area contributed by atoms with Crippen LogP contribution in [0.2, 0.25) is 0 Å². The van der Waals surface area contributed by atoms with Gasteiger partial charge < -0.3 is 4.79 Å². The molecular formula is C9H14O2. The van der Waals surface area contributed by atoms with Crippen LogP contribution in [0.4, 0.5) is 0 Å². The van der Waals surface area contributed by atoms with E-state index in [1.165, 1.54) is 0 Å². The SMILES string of the molecule is CC(CC=O)C1CCCC1=O. The maximum Gasteiger partial charge on any atom is 0.136 e. The lowest BCUT2D eigenvalue weighted by Crippen LogP contribution is -2.16. The van der Waals surface area contributed by atoms with Gasteiger partial charge >= 0.3 is 0 Å². The fourth-order valence-corrected chi connectivity index (χ4v) is 1.76. The zero-order valence-electron chi connectivity index (χ0n) is 6.88. The third kappa shape index (κ3) is 1.88. The summed E-state index contributed by atoms with van der Waals surface area (Å²) in [5.41, 5.74) is 0. The van der Waals surface area contributed by atoms with E-state index >= 15 is 0 Å². The number of hydrogen-bond acceptors (Lipinski definition) is 2. The summed E-state index contributed by atoms with van der Waals surface area (Å²) in [6, 6.07) is 0. The van der Waals surface area contributed by atoms with Crippen LogP contribution in [0.15, 0.2) is 0 Å². The first-order valence-corrected chi connectivity index (χ1v) is 4.22. The normalized spacial score (nSPS) is 27.0. The highest BCUT2D eigenvalue weighted by Gasteiger charge is 2.28. The third-order valence-corrected chi connectivity index (χ3v) is 2.51. The Morgan fingerprint density at radius 3 is 2.91 bits per heavy atom. The molecule has 0 saturated heterocycles. The minimum absolute atomic E-state index is 0.181. The lowest BCUT2D eigenvalue weighted by atomic mass is 9.90. The highest BCUT2D eigenvalue weighted by atomic mass is 16.1. The summed E-state index contributed by atoms with van der Waals surface area (Å²) < 4.78 is 0. The van der Waals surface area contributed by atoms with E-state index < -0.39 is 0 Å². The Morgan fingerprint density at radius 1 is 1.73 bits per heavy atom. The molecule has 0 bridgehead atoms. The molecule has 0 radical (unpaired) electrons. The van der Waals surface area contributed by atoms with Gasteiger partial charge in [-0.05, 0) is 18.8 Å². The summed E-state index contributed by atoms with van der Waals surface area (Å²) in [5.74, 6) is 0.807. The van der Waals surface area contributed by atoms with Gasteiger partial charge in [0.1, 0.15) is 12.1 Å². The van der Waals surface area contributed by atoms with Gasteiger partial charge in [-0.3, -0.25) is 4.79 Å². The number of carbonyl (C=O) groups is 2. The fourth-order valence-electron chi connectivity index (χ4n) is 1.76. The van der Waals surface area contributed by atoms with Crippen molar-refractivity contribution in [3.05, 3.63) is 0 Å². The highest BCUT2D eigenvalue weighted by Crippen LogP contribution is 2.29. The molecule has 0 spiro atoms. The molecule has 2 unspecified atom stereocenters. The van der Waals surface area contributed by atoms with E-state index in [9.17, 15) is 9.59 Å². The number of hydrogen-bond donors (Lipinski definition) is 0. The Kier molecular flexibility index (Phi) is 2.80. The zero-order chi connectivity index (χ0) is 8.27. The molecule has 1 aliphatic rings. The second kappa shape index (κ2) is 3.65. The topological polar surface area (TPSA) is 34.1 Å². The monoisotopic (exact) mass is 154 g/mol. The molecule has 2 nitrogen and oxygen atoms in total. The lowest BCUT2D eigenvalue weighted by molar-refractivity contribution is -0.122. The van der Waals surface area contributed by atoms with E-state index in [0.29, 0.717) is 12.2 Å². The molecule has 2 heteroatoms. The predicted octanol–water partition coefficient (Wildman–Crippen LogP) is 1.58. The van der Waals surface area contributed by atoms with Crippen LogP contribution in [0.5, 0.6) is 0 Å². The van der Waals surface area contributed by atoms with Gasteiger partial charge in [0.05, 0.1) is 0 Å². The maximum absolute atomic E-state index is 11.2. The van der Waals surface area contributed by atoms with Crippen molar-refractivity contribution in [2.24, 2.45) is 11.8 Å². The van der Waals surface area contributed by atoms with Crippen LogP contribution in [-0.2, 0) is 9.59 Å². The molecule has 2 atom stereocenters. The molecular weight excluding hydrogens is 140 g/mol. The van der Waals surface area contributed by atoms with Crippen LogP contribution in [0, 0.1) is 11.8 Å². The molecule has 62 valence electrons. The fraction of sp³-hybridized carbons (Fsp3) is 0.778. The summed E-state index contributed by atoms with van der Waals surface area (Å²) >= 11 is 0. The summed E-state index contributed by atoms with van der Waals surface area (Å²) in [5, 5.41) is 0. The van der Waals surface area contributed by atoms with Crippen molar-refractivity contribution in [1.82, 2.24) is 0 Å². The molecule has 0 aliphatic heterocycles. The first-order valence-electron chi connectivity index (χ1n) is 4.22. The van der Waals surface area contributed by atoms with Crippen LogP contribution in [0.3, 0.4) is 0 Å². The van der Waals surface area contributed by atoms with E-state index in [0.717, 1.165) is 25.5 Å². The molecule has 11 heavy (non-hydrogen) atoms. The van der Waals surface area contributed by atoms with Gasteiger partial charge in [0.25, 0.3) is 0 Å². The second-order valence-corrected chi connectivity index (χ2v) is 3.34. The second-order valence-electron chi connectivity index (χ2n) is 3.34. The molecule has 0 heterocycles. The number of aldehydes is 1. The molecule has 0 aromatic rings. The maximum atomic E-state index is 11.2. The van der Waals surface area contributed by atoms with E-state index in [-0.39, 0.29) is 11.8 Å². The predicted molar refractivity (Wildman–Crippen MR) is 42.2 cm³/mol. The molecule has 0 N–H and O–H groups in total. The molecule has 0 amide bonds. The molecule has 1 rings (SSSR count). The lowest BCUT2D eigenvalue weighted by Gasteiger charge is -2.13. The molecule has 1 fully saturated rings. The van der Waals surface area contributed by atoms with Crippen molar-refractivity contribution in [2.45, 2.75) is 32.6 Å². The first kappa shape index (κ1) is 8.44. The van der Waals surface area contributed by atoms with Gasteiger partial charge in [0, 0.05) is 18.8 Å². The minimum atomic E-state index is 0.181. The van der Waals surface area contributed by atoms with Gasteiger partial charge in [-0.15, -0.1) is 0 Å². The van der Waals surface area contributed by atoms with Crippen molar-refractivity contribution in [3.8, 4) is 0 Å². The standard InChI is InChI=1S/C9H14O2/c1-7(5-6-10)8-3-2-4-9(8)11/h6-8H,2-5H2,1H3. The number of carbonyl (C=O) groups excluding carboxylic acids is 2. The van der Waals surface area contributed by atoms with Gasteiger partial charge in [-0.1, -0.05) is 6.92 Å². The first-order chi connectivity index (χ1) is 5.25. The third-order valence-electron chi connectivity index (χ3n) is 2.51. The molecule has 1 saturated carbocycles. The Morgan fingerprint density at radius 2 is 2.45 bits per heavy atom. The van der Waals surface area contributed by atoms with Crippen molar-refractivity contribution in [1.29, 1.82) is 0 Å². The van der Waals surface area contributed by atoms with E-state index in [2.05, 4.69) is 0 Å². The Labute approximate surface area is 67.0 Å². The van der Waals surface area contributed by atoms with Gasteiger partial charge in [-0.25, -0.2) is 0 Å². The Hall–Kier alpha value is -0.660. The highest BCUT2D eigenvalue weighted by molar-refractivity contribution is 5.83. The number of ketones is 1. The van der Waals surface area contributed by atoms with Gasteiger partial charge in [0.2, 0.25) is 0 Å². The summed E-state index contributed by atoms with van der Waals surface area (Å²) in [6.45, 7) is 1.99. The van der Waals surface area contributed by atoms with Gasteiger partial charge in [-0.2, -0.15) is 0 Å². The average Bonchev–Trinajstić information content (AvgIpc) is 2.36. The molecule has 1 aliphatic carbocycles. The minimum Gasteiger partial charge on any atom is -0.303 e. The van der Waals surface area contributed by atoms with E-state index in [1.54, 1.807) is 0 Å². The molecule has 0 aromatic heterocycles. The van der Waals surface area contributed by atoms with E-state index in [1.807, 2.05) is 6.92 Å². The van der Waals surface area contributed by atoms with Crippen molar-refractivity contribution in [3.63, 3.8) is 0 Å².